The number of rotatable bonds is 4. The van der Waals surface area contributed by atoms with Crippen molar-refractivity contribution in [3.05, 3.63) is 29.1 Å². The average molecular weight is 275 g/mol. The Morgan fingerprint density at radius 2 is 1.72 bits per heavy atom. The Bertz CT molecular complexity index is 524. The van der Waals surface area contributed by atoms with Crippen LogP contribution in [-0.4, -0.2) is 25.7 Å². The van der Waals surface area contributed by atoms with Crippen molar-refractivity contribution in [2.75, 3.05) is 6.54 Å². The van der Waals surface area contributed by atoms with Crippen LogP contribution in [-0.2, 0) is 10.0 Å². The summed E-state index contributed by atoms with van der Waals surface area (Å²) in [5, 5.41) is 9.52. The summed E-state index contributed by atoms with van der Waals surface area (Å²) in [6, 6.07) is 2.34. The van der Waals surface area contributed by atoms with Crippen LogP contribution in [0.2, 0.25) is 0 Å². The lowest BCUT2D eigenvalue weighted by atomic mass is 10.1. The topological polar surface area (TPSA) is 66.4 Å². The van der Waals surface area contributed by atoms with Crippen molar-refractivity contribution < 1.29 is 17.9 Å². The molecule has 0 amide bonds. The van der Waals surface area contributed by atoms with Crippen molar-refractivity contribution in [1.29, 1.82) is 0 Å². The van der Waals surface area contributed by atoms with Crippen LogP contribution in [0, 0.1) is 19.7 Å². The number of halogens is 1. The van der Waals surface area contributed by atoms with Crippen molar-refractivity contribution in [2.24, 2.45) is 0 Å². The molecule has 1 aromatic carbocycles. The molecule has 0 aliphatic rings. The van der Waals surface area contributed by atoms with Gasteiger partial charge in [0.1, 0.15) is 5.82 Å². The lowest BCUT2D eigenvalue weighted by molar-refractivity contribution is 0.0857. The van der Waals surface area contributed by atoms with Gasteiger partial charge in [-0.05, 0) is 51.0 Å². The molecule has 0 aliphatic heterocycles. The minimum atomic E-state index is -3.75. The minimum Gasteiger partial charge on any atom is -0.389 e. The first kappa shape index (κ1) is 15.1. The fourth-order valence-corrected chi connectivity index (χ4v) is 3.32. The van der Waals surface area contributed by atoms with E-state index >= 15 is 0 Å². The molecule has 6 heteroatoms. The van der Waals surface area contributed by atoms with Crippen LogP contribution in [0.1, 0.15) is 25.0 Å². The summed E-state index contributed by atoms with van der Waals surface area (Å²) in [7, 11) is -3.75. The number of hydrogen-bond donors (Lipinski definition) is 2. The lowest BCUT2D eigenvalue weighted by Crippen LogP contribution is -2.38. The van der Waals surface area contributed by atoms with Gasteiger partial charge in [-0.25, -0.2) is 17.5 Å². The predicted octanol–water partition coefficient (Wildman–Crippen LogP) is 1.49. The quantitative estimate of drug-likeness (QED) is 0.875. The highest BCUT2D eigenvalue weighted by molar-refractivity contribution is 7.89. The first-order valence-electron chi connectivity index (χ1n) is 5.52. The summed E-state index contributed by atoms with van der Waals surface area (Å²) in [5.74, 6) is -0.466. The zero-order chi connectivity index (χ0) is 14.1. The zero-order valence-electron chi connectivity index (χ0n) is 10.9. The molecular formula is C12H18FNO3S. The van der Waals surface area contributed by atoms with E-state index in [1.807, 2.05) is 0 Å². The van der Waals surface area contributed by atoms with E-state index in [2.05, 4.69) is 4.72 Å². The lowest BCUT2D eigenvalue weighted by Gasteiger charge is -2.19. The molecule has 102 valence electrons. The molecule has 0 saturated heterocycles. The highest BCUT2D eigenvalue weighted by Crippen LogP contribution is 2.21. The van der Waals surface area contributed by atoms with Crippen LogP contribution in [0.15, 0.2) is 17.0 Å². The largest absolute Gasteiger partial charge is 0.389 e. The third kappa shape index (κ3) is 3.76. The molecule has 0 radical (unpaired) electrons. The molecule has 0 heterocycles. The number of aryl methyl sites for hydroxylation is 2. The van der Waals surface area contributed by atoms with Crippen molar-refractivity contribution in [3.8, 4) is 0 Å². The summed E-state index contributed by atoms with van der Waals surface area (Å²) in [6.07, 6.45) is 0. The van der Waals surface area contributed by atoms with Gasteiger partial charge in [-0.1, -0.05) is 0 Å². The summed E-state index contributed by atoms with van der Waals surface area (Å²) in [4.78, 5) is 0.0631. The summed E-state index contributed by atoms with van der Waals surface area (Å²) < 4.78 is 39.6. The number of benzene rings is 1. The fourth-order valence-electron chi connectivity index (χ4n) is 1.67. The van der Waals surface area contributed by atoms with E-state index in [1.165, 1.54) is 39.8 Å². The molecular weight excluding hydrogens is 257 g/mol. The average Bonchev–Trinajstić information content (AvgIpc) is 2.11. The SMILES string of the molecule is Cc1cc(F)cc(C)c1S(=O)(=O)NCC(C)(C)O. The predicted molar refractivity (Wildman–Crippen MR) is 67.4 cm³/mol. The number of nitrogens with one attached hydrogen (secondary N) is 1. The maximum absolute atomic E-state index is 13.1. The molecule has 0 spiro atoms. The van der Waals surface area contributed by atoms with E-state index in [0.29, 0.717) is 11.1 Å². The van der Waals surface area contributed by atoms with Gasteiger partial charge in [0.05, 0.1) is 10.5 Å². The van der Waals surface area contributed by atoms with Crippen LogP contribution >= 0.6 is 0 Å². The van der Waals surface area contributed by atoms with Crippen molar-refractivity contribution >= 4 is 10.0 Å². The van der Waals surface area contributed by atoms with Crippen LogP contribution in [0.4, 0.5) is 4.39 Å². The smallest absolute Gasteiger partial charge is 0.241 e. The highest BCUT2D eigenvalue weighted by Gasteiger charge is 2.23. The Kier molecular flexibility index (Phi) is 4.15. The molecule has 1 rings (SSSR count). The number of hydrogen-bond acceptors (Lipinski definition) is 3. The second-order valence-corrected chi connectivity index (χ2v) is 6.71. The summed E-state index contributed by atoms with van der Waals surface area (Å²) in [6.45, 7) is 5.97. The van der Waals surface area contributed by atoms with Gasteiger partial charge >= 0.3 is 0 Å². The molecule has 0 fully saturated rings. The van der Waals surface area contributed by atoms with Gasteiger partial charge in [-0.15, -0.1) is 0 Å². The van der Waals surface area contributed by atoms with Gasteiger partial charge in [0, 0.05) is 6.54 Å². The van der Waals surface area contributed by atoms with Gasteiger partial charge in [-0.3, -0.25) is 0 Å². The van der Waals surface area contributed by atoms with Gasteiger partial charge < -0.3 is 5.11 Å². The monoisotopic (exact) mass is 275 g/mol. The van der Waals surface area contributed by atoms with E-state index in [1.54, 1.807) is 0 Å². The Balaban J connectivity index is 3.14. The van der Waals surface area contributed by atoms with Crippen molar-refractivity contribution in [2.45, 2.75) is 38.2 Å². The molecule has 0 atom stereocenters. The first-order valence-corrected chi connectivity index (χ1v) is 7.00. The molecule has 18 heavy (non-hydrogen) atoms. The van der Waals surface area contributed by atoms with E-state index in [4.69, 9.17) is 0 Å². The third-order valence-corrected chi connectivity index (χ3v) is 4.09. The maximum Gasteiger partial charge on any atom is 0.241 e. The fraction of sp³-hybridized carbons (Fsp3) is 0.500. The second-order valence-electron chi connectivity index (χ2n) is 5.01. The molecule has 0 saturated carbocycles. The highest BCUT2D eigenvalue weighted by atomic mass is 32.2. The maximum atomic E-state index is 13.1. The normalized spacial score (nSPS) is 12.8. The number of sulfonamides is 1. The summed E-state index contributed by atoms with van der Waals surface area (Å²) in [5.41, 5.74) is -0.457. The van der Waals surface area contributed by atoms with E-state index < -0.39 is 21.4 Å². The molecule has 0 aromatic heterocycles. The van der Waals surface area contributed by atoms with Gasteiger partial charge in [0.15, 0.2) is 0 Å². The van der Waals surface area contributed by atoms with E-state index in [0.717, 1.165) is 0 Å². The standard InChI is InChI=1S/C12H18FNO3S/c1-8-5-10(13)6-9(2)11(8)18(16,17)14-7-12(3,4)15/h5-6,14-15H,7H2,1-4H3. The zero-order valence-corrected chi connectivity index (χ0v) is 11.7. The van der Waals surface area contributed by atoms with E-state index in [-0.39, 0.29) is 11.4 Å². The molecule has 4 nitrogen and oxygen atoms in total. The van der Waals surface area contributed by atoms with Crippen LogP contribution < -0.4 is 4.72 Å². The molecule has 1 aromatic rings. The molecule has 0 unspecified atom stereocenters. The van der Waals surface area contributed by atoms with Gasteiger partial charge in [0.2, 0.25) is 10.0 Å². The molecule has 0 aliphatic carbocycles. The van der Waals surface area contributed by atoms with Crippen molar-refractivity contribution in [1.82, 2.24) is 4.72 Å². The number of aliphatic hydroxyl groups is 1. The Morgan fingerprint density at radius 1 is 1.28 bits per heavy atom. The van der Waals surface area contributed by atoms with Crippen LogP contribution in [0.5, 0.6) is 0 Å². The Hall–Kier alpha value is -0.980. The van der Waals surface area contributed by atoms with Gasteiger partial charge in [0.25, 0.3) is 0 Å². The van der Waals surface area contributed by atoms with Crippen LogP contribution in [0.3, 0.4) is 0 Å². The second kappa shape index (κ2) is 4.95. The Labute approximate surface area is 107 Å². The summed E-state index contributed by atoms with van der Waals surface area (Å²) >= 11 is 0. The molecule has 2 N–H and O–H groups in total. The van der Waals surface area contributed by atoms with E-state index in [9.17, 15) is 17.9 Å². The Morgan fingerprint density at radius 3 is 2.11 bits per heavy atom. The van der Waals surface area contributed by atoms with Gasteiger partial charge in [-0.2, -0.15) is 0 Å². The third-order valence-electron chi connectivity index (χ3n) is 2.39. The minimum absolute atomic E-state index is 0.0631. The van der Waals surface area contributed by atoms with Crippen LogP contribution in [0.25, 0.3) is 0 Å². The molecule has 0 bridgehead atoms. The van der Waals surface area contributed by atoms with Crippen molar-refractivity contribution in [3.63, 3.8) is 0 Å². The first-order chi connectivity index (χ1) is 8.03.